The van der Waals surface area contributed by atoms with Crippen molar-refractivity contribution < 1.29 is 4.79 Å². The molecule has 1 amide bonds. The molecule has 1 fully saturated rings. The van der Waals surface area contributed by atoms with Gasteiger partial charge in [-0.3, -0.25) is 4.79 Å². The molecule has 5 heteroatoms. The second-order valence-electron chi connectivity index (χ2n) is 5.62. The quantitative estimate of drug-likeness (QED) is 0.939. The Labute approximate surface area is 135 Å². The topological polar surface area (TPSA) is 49.0 Å². The molecule has 3 rings (SSSR count). The molecule has 116 valence electrons. The van der Waals surface area contributed by atoms with Crippen LogP contribution in [0.4, 0.5) is 0 Å². The number of amides is 1. The van der Waals surface area contributed by atoms with Gasteiger partial charge in [-0.15, -0.1) is 0 Å². The molecule has 1 aromatic carbocycles. The first-order valence-electron chi connectivity index (χ1n) is 7.64. The second-order valence-corrected chi connectivity index (χ2v) is 6.79. The van der Waals surface area contributed by atoms with Gasteiger partial charge in [0.1, 0.15) is 5.82 Å². The minimum Gasteiger partial charge on any atom is -0.340 e. The molecule has 0 spiro atoms. The average molecular weight is 315 g/mol. The maximum absolute atomic E-state index is 12.5. The van der Waals surface area contributed by atoms with E-state index in [2.05, 4.69) is 22.1 Å². The number of nitrogens with one attached hydrogen (secondary N) is 1. The van der Waals surface area contributed by atoms with Gasteiger partial charge in [0.25, 0.3) is 0 Å². The molecule has 4 nitrogen and oxygen atoms in total. The third-order valence-electron chi connectivity index (χ3n) is 4.23. The fourth-order valence-corrected chi connectivity index (χ4v) is 3.26. The van der Waals surface area contributed by atoms with E-state index in [4.69, 9.17) is 0 Å². The van der Waals surface area contributed by atoms with Crippen LogP contribution < -0.4 is 0 Å². The molecular weight excluding hydrogens is 294 g/mol. The number of thioether (sulfide) groups is 1. The lowest BCUT2D eigenvalue weighted by molar-refractivity contribution is -0.131. The molecule has 2 unspecified atom stereocenters. The molecule has 1 saturated heterocycles. The number of hydrogen-bond donors (Lipinski definition) is 1. The highest BCUT2D eigenvalue weighted by molar-refractivity contribution is 7.99. The summed E-state index contributed by atoms with van der Waals surface area (Å²) in [6.45, 7) is 2.80. The molecule has 1 aliphatic rings. The SMILES string of the molecule is CSC(C)C(=O)N1CCCC1c1ncc(-c2ccccc2)[nH]1. The van der Waals surface area contributed by atoms with Crippen LogP contribution in [0, 0.1) is 0 Å². The Balaban J connectivity index is 1.82. The average Bonchev–Trinajstić information content (AvgIpc) is 3.22. The van der Waals surface area contributed by atoms with E-state index in [9.17, 15) is 4.79 Å². The van der Waals surface area contributed by atoms with Gasteiger partial charge in [0.2, 0.25) is 5.91 Å². The Morgan fingerprint density at radius 2 is 2.18 bits per heavy atom. The van der Waals surface area contributed by atoms with E-state index in [1.807, 2.05) is 42.5 Å². The number of nitrogens with zero attached hydrogens (tertiary/aromatic N) is 2. The number of likely N-dealkylation sites (tertiary alicyclic amines) is 1. The van der Waals surface area contributed by atoms with Crippen LogP contribution in [0.15, 0.2) is 36.5 Å². The summed E-state index contributed by atoms with van der Waals surface area (Å²) in [4.78, 5) is 22.4. The van der Waals surface area contributed by atoms with Crippen LogP contribution in [-0.2, 0) is 4.79 Å². The molecule has 1 aromatic heterocycles. The number of imidazole rings is 1. The van der Waals surface area contributed by atoms with Crippen LogP contribution >= 0.6 is 11.8 Å². The minimum absolute atomic E-state index is 0.00385. The summed E-state index contributed by atoms with van der Waals surface area (Å²) in [7, 11) is 0. The van der Waals surface area contributed by atoms with E-state index < -0.39 is 0 Å². The maximum Gasteiger partial charge on any atom is 0.236 e. The van der Waals surface area contributed by atoms with Crippen LogP contribution in [0.2, 0.25) is 0 Å². The fourth-order valence-electron chi connectivity index (χ4n) is 2.92. The van der Waals surface area contributed by atoms with E-state index in [-0.39, 0.29) is 17.2 Å². The minimum atomic E-state index is 0.00385. The first kappa shape index (κ1) is 15.2. The fraction of sp³-hybridized carbons (Fsp3) is 0.412. The Morgan fingerprint density at radius 1 is 1.41 bits per heavy atom. The van der Waals surface area contributed by atoms with Gasteiger partial charge >= 0.3 is 0 Å². The van der Waals surface area contributed by atoms with Crippen molar-refractivity contribution in [3.8, 4) is 11.3 Å². The zero-order valence-corrected chi connectivity index (χ0v) is 13.8. The lowest BCUT2D eigenvalue weighted by Crippen LogP contribution is -2.36. The third-order valence-corrected chi connectivity index (χ3v) is 5.14. The van der Waals surface area contributed by atoms with Crippen molar-refractivity contribution >= 4 is 17.7 Å². The molecule has 0 saturated carbocycles. The summed E-state index contributed by atoms with van der Waals surface area (Å²) < 4.78 is 0. The molecule has 1 N–H and O–H groups in total. The maximum atomic E-state index is 12.5. The number of H-pyrrole nitrogens is 1. The highest BCUT2D eigenvalue weighted by atomic mass is 32.2. The van der Waals surface area contributed by atoms with Crippen molar-refractivity contribution in [3.63, 3.8) is 0 Å². The number of rotatable bonds is 4. The van der Waals surface area contributed by atoms with E-state index in [1.165, 1.54) is 0 Å². The third kappa shape index (κ3) is 2.90. The summed E-state index contributed by atoms with van der Waals surface area (Å²) >= 11 is 1.60. The van der Waals surface area contributed by atoms with Crippen molar-refractivity contribution in [2.24, 2.45) is 0 Å². The first-order valence-corrected chi connectivity index (χ1v) is 8.93. The van der Waals surface area contributed by atoms with Crippen LogP contribution in [0.25, 0.3) is 11.3 Å². The smallest absolute Gasteiger partial charge is 0.236 e. The Hall–Kier alpha value is -1.75. The number of carbonyl (C=O) groups is 1. The Morgan fingerprint density at radius 3 is 2.91 bits per heavy atom. The number of benzene rings is 1. The van der Waals surface area contributed by atoms with Crippen LogP contribution in [0.3, 0.4) is 0 Å². The zero-order valence-electron chi connectivity index (χ0n) is 13.0. The number of aromatic amines is 1. The molecule has 0 aliphatic carbocycles. The highest BCUT2D eigenvalue weighted by Gasteiger charge is 2.33. The van der Waals surface area contributed by atoms with Gasteiger partial charge in [0.05, 0.1) is 23.2 Å². The van der Waals surface area contributed by atoms with E-state index >= 15 is 0 Å². The summed E-state index contributed by atoms with van der Waals surface area (Å²) in [6.07, 6.45) is 5.87. The summed E-state index contributed by atoms with van der Waals surface area (Å²) in [5, 5.41) is 0.00385. The van der Waals surface area contributed by atoms with Crippen molar-refractivity contribution in [2.45, 2.75) is 31.1 Å². The summed E-state index contributed by atoms with van der Waals surface area (Å²) in [5.74, 6) is 1.12. The van der Waals surface area contributed by atoms with Crippen molar-refractivity contribution in [3.05, 3.63) is 42.4 Å². The van der Waals surface area contributed by atoms with Gasteiger partial charge in [0.15, 0.2) is 0 Å². The lowest BCUT2D eigenvalue weighted by Gasteiger charge is -2.25. The van der Waals surface area contributed by atoms with Crippen molar-refractivity contribution in [1.29, 1.82) is 0 Å². The van der Waals surface area contributed by atoms with Gasteiger partial charge in [-0.2, -0.15) is 11.8 Å². The highest BCUT2D eigenvalue weighted by Crippen LogP contribution is 2.32. The van der Waals surface area contributed by atoms with E-state index in [0.717, 1.165) is 36.5 Å². The van der Waals surface area contributed by atoms with Gasteiger partial charge in [-0.1, -0.05) is 30.3 Å². The lowest BCUT2D eigenvalue weighted by atomic mass is 10.2. The van der Waals surface area contributed by atoms with Gasteiger partial charge < -0.3 is 9.88 Å². The van der Waals surface area contributed by atoms with E-state index in [1.54, 1.807) is 11.8 Å². The predicted molar refractivity (Wildman–Crippen MR) is 90.7 cm³/mol. The Kier molecular flexibility index (Phi) is 4.52. The van der Waals surface area contributed by atoms with Crippen LogP contribution in [0.5, 0.6) is 0 Å². The summed E-state index contributed by atoms with van der Waals surface area (Å²) in [6, 6.07) is 10.2. The molecule has 2 aromatic rings. The molecule has 0 bridgehead atoms. The summed E-state index contributed by atoms with van der Waals surface area (Å²) in [5.41, 5.74) is 2.13. The molecule has 2 atom stereocenters. The van der Waals surface area contributed by atoms with Crippen LogP contribution in [-0.4, -0.2) is 38.8 Å². The normalized spacial score (nSPS) is 19.4. The van der Waals surface area contributed by atoms with E-state index in [0.29, 0.717) is 0 Å². The predicted octanol–water partition coefficient (Wildman–Crippen LogP) is 3.49. The Bertz CT molecular complexity index is 640. The molecular formula is C17H21N3OS. The number of hydrogen-bond acceptors (Lipinski definition) is 3. The molecule has 0 radical (unpaired) electrons. The van der Waals surface area contributed by atoms with Crippen molar-refractivity contribution in [1.82, 2.24) is 14.9 Å². The largest absolute Gasteiger partial charge is 0.340 e. The zero-order chi connectivity index (χ0) is 15.5. The van der Waals surface area contributed by atoms with Gasteiger partial charge in [0, 0.05) is 6.54 Å². The molecule has 2 heterocycles. The second kappa shape index (κ2) is 6.57. The standard InChI is InChI=1S/C17H21N3OS/c1-12(22-2)17(21)20-10-6-9-15(20)16-18-11-14(19-16)13-7-4-3-5-8-13/h3-5,7-8,11-12,15H,6,9-10H2,1-2H3,(H,18,19). The van der Waals surface area contributed by atoms with Gasteiger partial charge in [-0.25, -0.2) is 4.98 Å². The van der Waals surface area contributed by atoms with Gasteiger partial charge in [-0.05, 0) is 31.6 Å². The molecule has 22 heavy (non-hydrogen) atoms. The monoisotopic (exact) mass is 315 g/mol. The van der Waals surface area contributed by atoms with Crippen LogP contribution in [0.1, 0.15) is 31.6 Å². The first-order chi connectivity index (χ1) is 10.7. The van der Waals surface area contributed by atoms with Crippen molar-refractivity contribution in [2.75, 3.05) is 12.8 Å². The number of aromatic nitrogens is 2. The molecule has 1 aliphatic heterocycles. The number of carbonyl (C=O) groups excluding carboxylic acids is 1.